The number of rotatable bonds is 5. The first-order chi connectivity index (χ1) is 8.12. The molecule has 1 atom stereocenters. The highest BCUT2D eigenvalue weighted by Crippen LogP contribution is 2.19. The van der Waals surface area contributed by atoms with Crippen LogP contribution in [0.3, 0.4) is 0 Å². The van der Waals surface area contributed by atoms with Gasteiger partial charge in [-0.1, -0.05) is 30.3 Å². The second-order valence-electron chi connectivity index (χ2n) is 3.83. The third kappa shape index (κ3) is 3.58. The first kappa shape index (κ1) is 13.2. The van der Waals surface area contributed by atoms with E-state index < -0.39 is 11.6 Å². The smallest absolute Gasteiger partial charge is 0.338 e. The van der Waals surface area contributed by atoms with Crippen molar-refractivity contribution in [1.29, 1.82) is 5.26 Å². The lowest BCUT2D eigenvalue weighted by Gasteiger charge is -2.24. The van der Waals surface area contributed by atoms with Gasteiger partial charge in [-0.25, -0.2) is 4.79 Å². The molecule has 0 aliphatic rings. The van der Waals surface area contributed by atoms with Crippen LogP contribution in [-0.4, -0.2) is 18.7 Å². The average molecular weight is 233 g/mol. The first-order valence-electron chi connectivity index (χ1n) is 5.25. The van der Waals surface area contributed by atoms with Crippen LogP contribution in [0.4, 0.5) is 0 Å². The predicted octanol–water partition coefficient (Wildman–Crippen LogP) is 2.05. The van der Waals surface area contributed by atoms with Crippen LogP contribution in [0.2, 0.25) is 0 Å². The second kappa shape index (κ2) is 6.02. The fourth-order valence-corrected chi connectivity index (χ4v) is 1.37. The Bertz CT molecular complexity index is 410. The average Bonchev–Trinajstić information content (AvgIpc) is 2.37. The number of esters is 1. The highest BCUT2D eigenvalue weighted by atomic mass is 16.6. The fourth-order valence-electron chi connectivity index (χ4n) is 1.37. The van der Waals surface area contributed by atoms with Gasteiger partial charge in [-0.05, 0) is 12.5 Å². The van der Waals surface area contributed by atoms with Gasteiger partial charge in [-0.3, -0.25) is 0 Å². The molecule has 0 heterocycles. The Hall–Kier alpha value is -1.86. The fraction of sp³-hybridized carbons (Fsp3) is 0.385. The van der Waals surface area contributed by atoms with Crippen molar-refractivity contribution in [1.82, 2.24) is 0 Å². The van der Waals surface area contributed by atoms with Crippen LogP contribution < -0.4 is 0 Å². The van der Waals surface area contributed by atoms with Gasteiger partial charge in [0.1, 0.15) is 0 Å². The van der Waals surface area contributed by atoms with Gasteiger partial charge >= 0.3 is 5.97 Å². The molecule has 0 amide bonds. The molecule has 0 aromatic heterocycles. The molecule has 0 saturated carbocycles. The number of carbonyl (C=O) groups is 1. The molecule has 0 radical (unpaired) electrons. The summed E-state index contributed by atoms with van der Waals surface area (Å²) >= 11 is 0. The number of benzene rings is 1. The Morgan fingerprint density at radius 3 is 2.59 bits per heavy atom. The second-order valence-corrected chi connectivity index (χ2v) is 3.83. The normalized spacial score (nSPS) is 13.5. The Morgan fingerprint density at radius 1 is 1.41 bits per heavy atom. The van der Waals surface area contributed by atoms with E-state index in [2.05, 4.69) is 4.74 Å². The summed E-state index contributed by atoms with van der Waals surface area (Å²) in [6.07, 6.45) is -0.0352. The van der Waals surface area contributed by atoms with E-state index in [9.17, 15) is 4.79 Å². The molecule has 90 valence electrons. The van der Waals surface area contributed by atoms with Crippen LogP contribution in [0.25, 0.3) is 0 Å². The van der Waals surface area contributed by atoms with Crippen molar-refractivity contribution in [3.8, 4) is 6.07 Å². The predicted molar refractivity (Wildman–Crippen MR) is 61.9 cm³/mol. The van der Waals surface area contributed by atoms with E-state index in [1.165, 1.54) is 7.11 Å². The van der Waals surface area contributed by atoms with Crippen molar-refractivity contribution in [2.24, 2.45) is 0 Å². The minimum Gasteiger partial charge on any atom is -0.467 e. The quantitative estimate of drug-likeness (QED) is 0.730. The largest absolute Gasteiger partial charge is 0.467 e. The highest BCUT2D eigenvalue weighted by molar-refractivity contribution is 5.79. The minimum atomic E-state index is -1.21. The molecule has 0 spiro atoms. The van der Waals surface area contributed by atoms with Gasteiger partial charge in [0.15, 0.2) is 5.60 Å². The standard InChI is InChI=1S/C13H15NO3/c1-13(8-9-14,12(15)16-2)17-10-11-6-4-3-5-7-11/h3-7H,8,10H2,1-2H3. The maximum atomic E-state index is 11.5. The number of nitrogens with zero attached hydrogens (tertiary/aromatic N) is 1. The molecule has 17 heavy (non-hydrogen) atoms. The zero-order chi connectivity index (χ0) is 12.7. The third-order valence-corrected chi connectivity index (χ3v) is 2.43. The maximum Gasteiger partial charge on any atom is 0.338 e. The summed E-state index contributed by atoms with van der Waals surface area (Å²) in [6.45, 7) is 1.83. The van der Waals surface area contributed by atoms with E-state index in [1.807, 2.05) is 36.4 Å². The molecule has 0 fully saturated rings. The molecule has 0 aliphatic carbocycles. The van der Waals surface area contributed by atoms with Crippen LogP contribution in [0.1, 0.15) is 18.9 Å². The van der Waals surface area contributed by atoms with Crippen molar-refractivity contribution in [2.45, 2.75) is 25.6 Å². The van der Waals surface area contributed by atoms with Crippen molar-refractivity contribution in [3.63, 3.8) is 0 Å². The summed E-state index contributed by atoms with van der Waals surface area (Å²) in [7, 11) is 1.28. The molecule has 1 rings (SSSR count). The Kier molecular flexibility index (Phi) is 4.68. The van der Waals surface area contributed by atoms with Gasteiger partial charge in [0.25, 0.3) is 0 Å². The van der Waals surface area contributed by atoms with Gasteiger partial charge in [-0.2, -0.15) is 5.26 Å². The van der Waals surface area contributed by atoms with Gasteiger partial charge < -0.3 is 9.47 Å². The molecular weight excluding hydrogens is 218 g/mol. The summed E-state index contributed by atoms with van der Waals surface area (Å²) in [4.78, 5) is 11.5. The summed E-state index contributed by atoms with van der Waals surface area (Å²) in [5.41, 5.74) is -0.264. The molecule has 4 heteroatoms. The summed E-state index contributed by atoms with van der Waals surface area (Å²) < 4.78 is 10.2. The number of hydrogen-bond acceptors (Lipinski definition) is 4. The molecule has 0 bridgehead atoms. The number of hydrogen-bond donors (Lipinski definition) is 0. The van der Waals surface area contributed by atoms with Crippen LogP contribution in [0.15, 0.2) is 30.3 Å². The zero-order valence-corrected chi connectivity index (χ0v) is 9.97. The van der Waals surface area contributed by atoms with E-state index >= 15 is 0 Å². The molecule has 1 unspecified atom stereocenters. The minimum absolute atomic E-state index is 0.0352. The Morgan fingerprint density at radius 2 is 2.06 bits per heavy atom. The van der Waals surface area contributed by atoms with Gasteiger partial charge in [0.2, 0.25) is 0 Å². The summed E-state index contributed by atoms with van der Waals surface area (Å²) in [5, 5.41) is 8.71. The van der Waals surface area contributed by atoms with E-state index in [0.29, 0.717) is 0 Å². The first-order valence-corrected chi connectivity index (χ1v) is 5.25. The third-order valence-electron chi connectivity index (χ3n) is 2.43. The molecular formula is C13H15NO3. The van der Waals surface area contributed by atoms with Crippen LogP contribution in [0.5, 0.6) is 0 Å². The lowest BCUT2D eigenvalue weighted by molar-refractivity contribution is -0.168. The topological polar surface area (TPSA) is 59.3 Å². The molecule has 4 nitrogen and oxygen atoms in total. The van der Waals surface area contributed by atoms with E-state index in [-0.39, 0.29) is 13.0 Å². The zero-order valence-electron chi connectivity index (χ0n) is 9.97. The van der Waals surface area contributed by atoms with Gasteiger partial charge in [0, 0.05) is 0 Å². The molecule has 0 saturated heterocycles. The lowest BCUT2D eigenvalue weighted by atomic mass is 10.0. The SMILES string of the molecule is COC(=O)C(C)(CC#N)OCc1ccccc1. The van der Waals surface area contributed by atoms with Crippen LogP contribution in [-0.2, 0) is 20.9 Å². The lowest BCUT2D eigenvalue weighted by Crippen LogP contribution is -2.39. The maximum absolute atomic E-state index is 11.5. The number of nitriles is 1. The van der Waals surface area contributed by atoms with Gasteiger partial charge in [0.05, 0.1) is 26.2 Å². The van der Waals surface area contributed by atoms with Crippen LogP contribution in [0, 0.1) is 11.3 Å². The van der Waals surface area contributed by atoms with Crippen molar-refractivity contribution >= 4 is 5.97 Å². The van der Waals surface area contributed by atoms with Crippen molar-refractivity contribution < 1.29 is 14.3 Å². The number of ether oxygens (including phenoxy) is 2. The number of carbonyl (C=O) groups excluding carboxylic acids is 1. The Balaban J connectivity index is 2.69. The molecule has 1 aromatic carbocycles. The molecule has 1 aromatic rings. The van der Waals surface area contributed by atoms with Crippen LogP contribution >= 0.6 is 0 Å². The van der Waals surface area contributed by atoms with Crippen molar-refractivity contribution in [2.75, 3.05) is 7.11 Å². The van der Waals surface area contributed by atoms with E-state index in [1.54, 1.807) is 6.92 Å². The van der Waals surface area contributed by atoms with Crippen molar-refractivity contribution in [3.05, 3.63) is 35.9 Å². The molecule has 0 aliphatic heterocycles. The highest BCUT2D eigenvalue weighted by Gasteiger charge is 2.35. The van der Waals surface area contributed by atoms with E-state index in [0.717, 1.165) is 5.56 Å². The van der Waals surface area contributed by atoms with E-state index in [4.69, 9.17) is 10.00 Å². The Labute approximate surface area is 101 Å². The summed E-state index contributed by atoms with van der Waals surface area (Å²) in [6, 6.07) is 11.4. The molecule has 0 N–H and O–H groups in total. The monoisotopic (exact) mass is 233 g/mol. The number of methoxy groups -OCH3 is 1. The van der Waals surface area contributed by atoms with Gasteiger partial charge in [-0.15, -0.1) is 0 Å². The summed E-state index contributed by atoms with van der Waals surface area (Å²) in [5.74, 6) is -0.532.